The first kappa shape index (κ1) is 16.7. The number of rotatable bonds is 4. The Morgan fingerprint density at radius 1 is 1.12 bits per heavy atom. The van der Waals surface area contributed by atoms with Gasteiger partial charge in [-0.05, 0) is 74.5 Å². The molecule has 1 amide bonds. The lowest BCUT2D eigenvalue weighted by Gasteiger charge is -2.56. The molecular formula is C19H22F3NO2. The third-order valence-corrected chi connectivity index (χ3v) is 6.27. The highest BCUT2D eigenvalue weighted by Gasteiger charge is 2.51. The van der Waals surface area contributed by atoms with Crippen molar-refractivity contribution in [2.24, 2.45) is 28.9 Å². The summed E-state index contributed by atoms with van der Waals surface area (Å²) in [5.74, 6) is 1.07. The van der Waals surface area contributed by atoms with Crippen molar-refractivity contribution in [1.82, 2.24) is 0 Å². The van der Waals surface area contributed by atoms with Gasteiger partial charge in [-0.3, -0.25) is 4.79 Å². The maximum atomic E-state index is 13.3. The van der Waals surface area contributed by atoms with E-state index in [0.29, 0.717) is 24.4 Å². The summed E-state index contributed by atoms with van der Waals surface area (Å²) in [4.78, 5) is 11.2. The molecule has 4 saturated carbocycles. The molecule has 0 aromatic heterocycles. The van der Waals surface area contributed by atoms with Gasteiger partial charge in [0, 0.05) is 11.0 Å². The van der Waals surface area contributed by atoms with E-state index in [0.717, 1.165) is 25.3 Å². The van der Waals surface area contributed by atoms with E-state index in [4.69, 9.17) is 10.5 Å². The fourth-order valence-electron chi connectivity index (χ4n) is 5.73. The molecule has 0 atom stereocenters. The smallest absolute Gasteiger partial charge is 0.419 e. The van der Waals surface area contributed by atoms with Crippen molar-refractivity contribution >= 4 is 5.91 Å². The number of amides is 1. The van der Waals surface area contributed by atoms with Crippen LogP contribution < -0.4 is 10.5 Å². The average Bonchev–Trinajstić information content (AvgIpc) is 2.50. The van der Waals surface area contributed by atoms with Crippen molar-refractivity contribution < 1.29 is 22.7 Å². The molecule has 1 aromatic carbocycles. The number of hydrogen-bond acceptors (Lipinski definition) is 2. The Morgan fingerprint density at radius 2 is 1.68 bits per heavy atom. The number of carbonyl (C=O) groups is 1. The second-order valence-electron chi connectivity index (χ2n) is 8.28. The number of hydrogen-bond donors (Lipinski definition) is 1. The van der Waals surface area contributed by atoms with Gasteiger partial charge in [-0.1, -0.05) is 0 Å². The SMILES string of the molecule is NC(=O)c1ccc(OCC23CC4CC(CC(C4)C2)C3)c(C(F)(F)F)c1. The third kappa shape index (κ3) is 3.11. The highest BCUT2D eigenvalue weighted by Crippen LogP contribution is 2.60. The highest BCUT2D eigenvalue weighted by atomic mass is 19.4. The van der Waals surface area contributed by atoms with Crippen LogP contribution in [0.1, 0.15) is 54.4 Å². The summed E-state index contributed by atoms with van der Waals surface area (Å²) >= 11 is 0. The quantitative estimate of drug-likeness (QED) is 0.872. The summed E-state index contributed by atoms with van der Waals surface area (Å²) in [5.41, 5.74) is 4.05. The molecule has 0 heterocycles. The molecule has 0 radical (unpaired) electrons. The monoisotopic (exact) mass is 353 g/mol. The van der Waals surface area contributed by atoms with Gasteiger partial charge < -0.3 is 10.5 Å². The predicted octanol–water partition coefficient (Wildman–Crippen LogP) is 4.40. The molecule has 6 heteroatoms. The Bertz CT molecular complexity index is 663. The number of primary amides is 1. The molecule has 4 aliphatic carbocycles. The van der Waals surface area contributed by atoms with Crippen LogP contribution >= 0.6 is 0 Å². The minimum atomic E-state index is -4.58. The van der Waals surface area contributed by atoms with Gasteiger partial charge >= 0.3 is 6.18 Å². The summed E-state index contributed by atoms with van der Waals surface area (Å²) in [6.07, 6.45) is 2.46. The zero-order valence-corrected chi connectivity index (χ0v) is 13.9. The van der Waals surface area contributed by atoms with E-state index >= 15 is 0 Å². The largest absolute Gasteiger partial charge is 0.492 e. The number of halogens is 3. The number of carbonyl (C=O) groups excluding carboxylic acids is 1. The molecule has 3 nitrogen and oxygen atoms in total. The first-order valence-corrected chi connectivity index (χ1v) is 8.88. The number of nitrogens with two attached hydrogens (primary N) is 1. The minimum Gasteiger partial charge on any atom is -0.492 e. The van der Waals surface area contributed by atoms with Crippen LogP contribution in [0, 0.1) is 23.2 Å². The summed E-state index contributed by atoms with van der Waals surface area (Å²) in [6, 6.07) is 3.31. The van der Waals surface area contributed by atoms with E-state index in [1.54, 1.807) is 0 Å². The molecule has 0 saturated heterocycles. The van der Waals surface area contributed by atoms with E-state index in [1.165, 1.54) is 31.4 Å². The number of alkyl halides is 3. The van der Waals surface area contributed by atoms with Crippen LogP contribution in [0.4, 0.5) is 13.2 Å². The van der Waals surface area contributed by atoms with E-state index in [9.17, 15) is 18.0 Å². The summed E-state index contributed by atoms with van der Waals surface area (Å²) in [5, 5.41) is 0. The van der Waals surface area contributed by atoms with Crippen molar-refractivity contribution in [2.75, 3.05) is 6.61 Å². The fourth-order valence-corrected chi connectivity index (χ4v) is 5.73. The van der Waals surface area contributed by atoms with Crippen molar-refractivity contribution in [3.63, 3.8) is 0 Å². The molecule has 5 rings (SSSR count). The normalized spacial score (nSPS) is 33.5. The zero-order valence-electron chi connectivity index (χ0n) is 13.9. The van der Waals surface area contributed by atoms with Gasteiger partial charge in [-0.2, -0.15) is 13.2 Å². The van der Waals surface area contributed by atoms with E-state index in [-0.39, 0.29) is 16.7 Å². The second-order valence-corrected chi connectivity index (χ2v) is 8.28. The molecular weight excluding hydrogens is 331 g/mol. The van der Waals surface area contributed by atoms with Crippen LogP contribution in [0.15, 0.2) is 18.2 Å². The fraction of sp³-hybridized carbons (Fsp3) is 0.632. The highest BCUT2D eigenvalue weighted by molar-refractivity contribution is 5.93. The average molecular weight is 353 g/mol. The van der Waals surface area contributed by atoms with Crippen LogP contribution in [0.2, 0.25) is 0 Å². The van der Waals surface area contributed by atoms with Gasteiger partial charge in [0.2, 0.25) is 5.91 Å². The van der Waals surface area contributed by atoms with Gasteiger partial charge in [-0.15, -0.1) is 0 Å². The van der Waals surface area contributed by atoms with Crippen molar-refractivity contribution in [3.8, 4) is 5.75 Å². The first-order chi connectivity index (χ1) is 11.7. The van der Waals surface area contributed by atoms with E-state index in [2.05, 4.69) is 0 Å². The lowest BCUT2D eigenvalue weighted by molar-refractivity contribution is -0.140. The Kier molecular flexibility index (Phi) is 3.78. The zero-order chi connectivity index (χ0) is 17.8. The van der Waals surface area contributed by atoms with Crippen LogP contribution in [0.3, 0.4) is 0 Å². The lowest BCUT2D eigenvalue weighted by atomic mass is 9.50. The molecule has 0 unspecified atom stereocenters. The van der Waals surface area contributed by atoms with Gasteiger partial charge in [0.05, 0.1) is 12.2 Å². The van der Waals surface area contributed by atoms with Crippen LogP contribution in [-0.2, 0) is 6.18 Å². The molecule has 4 fully saturated rings. The van der Waals surface area contributed by atoms with Crippen molar-refractivity contribution in [1.29, 1.82) is 0 Å². The topological polar surface area (TPSA) is 52.3 Å². The predicted molar refractivity (Wildman–Crippen MR) is 86.1 cm³/mol. The minimum absolute atomic E-state index is 0.0278. The van der Waals surface area contributed by atoms with Gasteiger partial charge in [0.1, 0.15) is 5.75 Å². The van der Waals surface area contributed by atoms with Gasteiger partial charge in [0.15, 0.2) is 0 Å². The molecule has 4 bridgehead atoms. The Hall–Kier alpha value is -1.72. The van der Waals surface area contributed by atoms with Crippen molar-refractivity contribution in [3.05, 3.63) is 29.3 Å². The number of benzene rings is 1. The van der Waals surface area contributed by atoms with E-state index in [1.807, 2.05) is 0 Å². The summed E-state index contributed by atoms with van der Waals surface area (Å²) in [7, 11) is 0. The Labute approximate surface area is 144 Å². The molecule has 2 N–H and O–H groups in total. The molecule has 1 aromatic rings. The molecule has 136 valence electrons. The lowest BCUT2D eigenvalue weighted by Crippen LogP contribution is -2.48. The van der Waals surface area contributed by atoms with Crippen LogP contribution in [-0.4, -0.2) is 12.5 Å². The standard InChI is InChI=1S/C19H22F3NO2/c20-19(21,22)15-6-14(17(23)24)1-2-16(15)25-10-18-7-11-3-12(8-18)5-13(4-11)9-18/h1-2,6,11-13H,3-5,7-10H2,(H2,23,24). The molecule has 25 heavy (non-hydrogen) atoms. The summed E-state index contributed by atoms with van der Waals surface area (Å²) < 4.78 is 45.7. The van der Waals surface area contributed by atoms with Crippen LogP contribution in [0.5, 0.6) is 5.75 Å². The van der Waals surface area contributed by atoms with Crippen LogP contribution in [0.25, 0.3) is 0 Å². The first-order valence-electron chi connectivity index (χ1n) is 8.88. The maximum absolute atomic E-state index is 13.3. The third-order valence-electron chi connectivity index (χ3n) is 6.27. The Balaban J connectivity index is 1.56. The Morgan fingerprint density at radius 3 is 2.16 bits per heavy atom. The van der Waals surface area contributed by atoms with Gasteiger partial charge in [0.25, 0.3) is 0 Å². The van der Waals surface area contributed by atoms with Crippen molar-refractivity contribution in [2.45, 2.75) is 44.7 Å². The summed E-state index contributed by atoms with van der Waals surface area (Å²) in [6.45, 7) is 0.329. The molecule has 0 spiro atoms. The molecule has 0 aliphatic heterocycles. The molecule has 4 aliphatic rings. The maximum Gasteiger partial charge on any atom is 0.419 e. The van der Waals surface area contributed by atoms with Gasteiger partial charge in [-0.25, -0.2) is 0 Å². The van der Waals surface area contributed by atoms with E-state index < -0.39 is 17.6 Å². The second kappa shape index (κ2) is 5.64. The number of ether oxygens (including phenoxy) is 1.